The Balaban J connectivity index is 0.00000256. The number of fused-ring (bicyclic) bond motifs is 1. The van der Waals surface area contributed by atoms with Crippen LogP contribution < -0.4 is 31.8 Å². The van der Waals surface area contributed by atoms with Gasteiger partial charge in [-0.1, -0.05) is 0 Å². The predicted octanol–water partition coefficient (Wildman–Crippen LogP) is 0.439. The Morgan fingerprint density at radius 2 is 1.80 bits per heavy atom. The van der Waals surface area contributed by atoms with Gasteiger partial charge in [0, 0.05) is 11.3 Å². The standard InChI is InChI=1S/C23H25N3O3.ClH/c1-3-29-20-12-8-18(9-13-20)24-22(27)16-25-15-21(26-14-4-5-23(25)26)17-6-10-19(28-2)11-7-17;/h6-13,15H,3-5,14,16H2,1-2H3;1H. The van der Waals surface area contributed by atoms with Crippen molar-refractivity contribution in [2.75, 3.05) is 19.0 Å². The molecule has 3 aromatic rings. The molecule has 0 saturated carbocycles. The second kappa shape index (κ2) is 9.67. The molecule has 6 nitrogen and oxygen atoms in total. The number of nitrogens with one attached hydrogen (secondary N) is 1. The van der Waals surface area contributed by atoms with E-state index in [9.17, 15) is 4.79 Å². The minimum atomic E-state index is -0.0410. The van der Waals surface area contributed by atoms with E-state index in [2.05, 4.69) is 32.8 Å². The summed E-state index contributed by atoms with van der Waals surface area (Å²) in [4.78, 5) is 12.6. The topological polar surface area (TPSA) is 56.4 Å². The second-order valence-electron chi connectivity index (χ2n) is 7.05. The lowest BCUT2D eigenvalue weighted by Gasteiger charge is -2.06. The number of carbonyl (C=O) groups is 1. The molecule has 0 unspecified atom stereocenters. The Kier molecular flexibility index (Phi) is 7.00. The Labute approximate surface area is 182 Å². The van der Waals surface area contributed by atoms with Crippen LogP contribution in [0, 0.1) is 0 Å². The van der Waals surface area contributed by atoms with Crippen LogP contribution >= 0.6 is 0 Å². The zero-order valence-electron chi connectivity index (χ0n) is 17.2. The van der Waals surface area contributed by atoms with Crippen LogP contribution in [-0.4, -0.2) is 24.2 Å². The first-order valence-corrected chi connectivity index (χ1v) is 9.97. The van der Waals surface area contributed by atoms with Gasteiger partial charge in [0.25, 0.3) is 11.7 Å². The number of halogens is 1. The minimum absolute atomic E-state index is 0. The van der Waals surface area contributed by atoms with Gasteiger partial charge in [-0.2, -0.15) is 0 Å². The molecule has 2 aromatic carbocycles. The molecular formula is C23H26ClN3O3. The van der Waals surface area contributed by atoms with Crippen LogP contribution in [0.15, 0.2) is 54.7 Å². The molecule has 0 atom stereocenters. The molecule has 7 heteroatoms. The molecule has 0 aliphatic carbocycles. The molecule has 158 valence electrons. The van der Waals surface area contributed by atoms with Crippen LogP contribution in [0.5, 0.6) is 11.5 Å². The van der Waals surface area contributed by atoms with Crippen LogP contribution in [0.3, 0.4) is 0 Å². The Morgan fingerprint density at radius 1 is 1.10 bits per heavy atom. The first kappa shape index (κ1) is 21.7. The summed E-state index contributed by atoms with van der Waals surface area (Å²) in [6.07, 6.45) is 4.15. The number of aromatic nitrogens is 2. The molecule has 1 N–H and O–H groups in total. The monoisotopic (exact) mass is 427 g/mol. The summed E-state index contributed by atoms with van der Waals surface area (Å²) in [5, 5.41) is 2.97. The van der Waals surface area contributed by atoms with Gasteiger partial charge in [0.2, 0.25) is 0 Å². The van der Waals surface area contributed by atoms with Gasteiger partial charge in [0.15, 0.2) is 12.2 Å². The van der Waals surface area contributed by atoms with E-state index in [0.717, 1.165) is 47.8 Å². The molecule has 1 aliphatic heterocycles. The molecule has 1 amide bonds. The van der Waals surface area contributed by atoms with E-state index in [1.54, 1.807) is 7.11 Å². The van der Waals surface area contributed by atoms with Crippen molar-refractivity contribution in [1.29, 1.82) is 0 Å². The van der Waals surface area contributed by atoms with Gasteiger partial charge in [0.05, 0.1) is 26.7 Å². The van der Waals surface area contributed by atoms with Crippen molar-refractivity contribution in [3.8, 4) is 22.8 Å². The smallest absolute Gasteiger partial charge is 0.266 e. The van der Waals surface area contributed by atoms with Crippen molar-refractivity contribution in [3.63, 3.8) is 0 Å². The number of anilines is 1. The van der Waals surface area contributed by atoms with Gasteiger partial charge in [-0.3, -0.25) is 4.79 Å². The van der Waals surface area contributed by atoms with Crippen LogP contribution in [0.25, 0.3) is 11.3 Å². The summed E-state index contributed by atoms with van der Waals surface area (Å²) in [7, 11) is 1.67. The maximum atomic E-state index is 12.6. The lowest BCUT2D eigenvalue weighted by molar-refractivity contribution is -0.690. The van der Waals surface area contributed by atoms with Crippen LogP contribution in [0.1, 0.15) is 19.2 Å². The summed E-state index contributed by atoms with van der Waals surface area (Å²) in [6, 6.07) is 15.5. The summed E-state index contributed by atoms with van der Waals surface area (Å²) in [5.74, 6) is 2.79. The third-order valence-corrected chi connectivity index (χ3v) is 5.14. The van der Waals surface area contributed by atoms with Gasteiger partial charge >= 0.3 is 0 Å². The Bertz CT molecular complexity index is 998. The van der Waals surface area contributed by atoms with E-state index < -0.39 is 0 Å². The normalized spacial score (nSPS) is 12.1. The average molecular weight is 428 g/mol. The van der Waals surface area contributed by atoms with Crippen LogP contribution in [0.4, 0.5) is 5.69 Å². The van der Waals surface area contributed by atoms with Crippen LogP contribution in [-0.2, 0) is 24.3 Å². The third-order valence-electron chi connectivity index (χ3n) is 5.14. The highest BCUT2D eigenvalue weighted by Gasteiger charge is 2.29. The number of methoxy groups -OCH3 is 1. The Hall–Kier alpha value is -2.99. The maximum absolute atomic E-state index is 12.6. The highest BCUT2D eigenvalue weighted by molar-refractivity contribution is 5.89. The van der Waals surface area contributed by atoms with Gasteiger partial charge in [0.1, 0.15) is 17.7 Å². The third kappa shape index (κ3) is 4.60. The number of amides is 1. The van der Waals surface area contributed by atoms with Gasteiger partial charge in [-0.15, -0.1) is 0 Å². The van der Waals surface area contributed by atoms with E-state index in [0.29, 0.717) is 13.2 Å². The van der Waals surface area contributed by atoms with Crippen molar-refractivity contribution in [1.82, 2.24) is 4.57 Å². The van der Waals surface area contributed by atoms with E-state index >= 15 is 0 Å². The summed E-state index contributed by atoms with van der Waals surface area (Å²) < 4.78 is 15.1. The molecule has 4 rings (SSSR count). The SMILES string of the molecule is CCOc1ccc(NC(=O)C[n+]2cc(-c3ccc(OC)cc3)n3c2CCC3)cc1.[Cl-]. The molecule has 2 heterocycles. The van der Waals surface area contributed by atoms with Gasteiger partial charge in [-0.05, 0) is 61.9 Å². The molecule has 0 radical (unpaired) electrons. The minimum Gasteiger partial charge on any atom is -1.00 e. The number of hydrogen-bond acceptors (Lipinski definition) is 3. The number of carbonyl (C=O) groups excluding carboxylic acids is 1. The molecule has 1 aromatic heterocycles. The lowest BCUT2D eigenvalue weighted by Crippen LogP contribution is -3.00. The molecule has 0 spiro atoms. The zero-order valence-corrected chi connectivity index (χ0v) is 18.0. The summed E-state index contributed by atoms with van der Waals surface area (Å²) >= 11 is 0. The average Bonchev–Trinajstić information content (AvgIpc) is 3.34. The van der Waals surface area contributed by atoms with Crippen molar-refractivity contribution in [2.24, 2.45) is 0 Å². The number of hydrogen-bond donors (Lipinski definition) is 1. The molecule has 30 heavy (non-hydrogen) atoms. The van der Waals surface area contributed by atoms with Crippen molar-refractivity contribution in [3.05, 3.63) is 60.6 Å². The number of imidazole rings is 1. The largest absolute Gasteiger partial charge is 1.00 e. The number of benzene rings is 2. The predicted molar refractivity (Wildman–Crippen MR) is 111 cm³/mol. The number of nitrogens with zero attached hydrogens (tertiary/aromatic N) is 2. The fourth-order valence-corrected chi connectivity index (χ4v) is 3.79. The van der Waals surface area contributed by atoms with E-state index in [-0.39, 0.29) is 18.3 Å². The lowest BCUT2D eigenvalue weighted by atomic mass is 10.1. The molecule has 0 saturated heterocycles. The molecule has 0 bridgehead atoms. The van der Waals surface area contributed by atoms with E-state index in [4.69, 9.17) is 9.47 Å². The fourth-order valence-electron chi connectivity index (χ4n) is 3.79. The summed E-state index contributed by atoms with van der Waals surface area (Å²) in [6.45, 7) is 3.84. The van der Waals surface area contributed by atoms with Gasteiger partial charge < -0.3 is 27.2 Å². The van der Waals surface area contributed by atoms with E-state index in [1.165, 1.54) is 5.82 Å². The quantitative estimate of drug-likeness (QED) is 0.557. The first-order chi connectivity index (χ1) is 14.2. The Morgan fingerprint density at radius 3 is 2.47 bits per heavy atom. The molecule has 1 aliphatic rings. The van der Waals surface area contributed by atoms with Crippen molar-refractivity contribution >= 4 is 11.6 Å². The van der Waals surface area contributed by atoms with Crippen molar-refractivity contribution in [2.45, 2.75) is 32.9 Å². The summed E-state index contributed by atoms with van der Waals surface area (Å²) in [5.41, 5.74) is 3.03. The zero-order chi connectivity index (χ0) is 20.2. The number of rotatable bonds is 7. The van der Waals surface area contributed by atoms with Gasteiger partial charge in [-0.25, -0.2) is 9.13 Å². The van der Waals surface area contributed by atoms with E-state index in [1.807, 2.05) is 43.3 Å². The van der Waals surface area contributed by atoms with Crippen LogP contribution in [0.2, 0.25) is 0 Å². The fraction of sp³-hybridized carbons (Fsp3) is 0.304. The highest BCUT2D eigenvalue weighted by Crippen LogP contribution is 2.26. The van der Waals surface area contributed by atoms with Crippen molar-refractivity contribution < 1.29 is 31.2 Å². The first-order valence-electron chi connectivity index (χ1n) is 9.97. The molecular weight excluding hydrogens is 402 g/mol. The number of ether oxygens (including phenoxy) is 2. The second-order valence-corrected chi connectivity index (χ2v) is 7.05. The molecule has 0 fully saturated rings. The highest BCUT2D eigenvalue weighted by atomic mass is 35.5. The maximum Gasteiger partial charge on any atom is 0.266 e.